The Labute approximate surface area is 121 Å². The van der Waals surface area contributed by atoms with Gasteiger partial charge < -0.3 is 0 Å². The molecule has 2 aromatic rings. The van der Waals surface area contributed by atoms with Crippen molar-refractivity contribution in [3.63, 3.8) is 0 Å². The summed E-state index contributed by atoms with van der Waals surface area (Å²) in [4.78, 5) is 16.3. The van der Waals surface area contributed by atoms with Gasteiger partial charge in [0.25, 0.3) is 5.56 Å². The monoisotopic (exact) mass is 289 g/mol. The van der Waals surface area contributed by atoms with E-state index in [1.54, 1.807) is 18.5 Å². The first-order valence-electron chi connectivity index (χ1n) is 6.06. The minimum Gasteiger partial charge on any atom is -0.265 e. The van der Waals surface area contributed by atoms with Gasteiger partial charge in [-0.3, -0.25) is 14.9 Å². The van der Waals surface area contributed by atoms with Crippen molar-refractivity contribution in [1.29, 1.82) is 0 Å². The molecule has 0 bridgehead atoms. The molecular weight excluding hydrogens is 274 g/mol. The average Bonchev–Trinajstić information content (AvgIpc) is 2.38. The number of hydrogen-bond acceptors (Lipinski definition) is 5. The summed E-state index contributed by atoms with van der Waals surface area (Å²) in [5.74, 6) is 0. The zero-order valence-electron chi connectivity index (χ0n) is 11.5. The summed E-state index contributed by atoms with van der Waals surface area (Å²) in [5, 5.41) is 10.8. The predicted octanol–water partition coefficient (Wildman–Crippen LogP) is 1.88. The smallest absolute Gasteiger partial charge is 0.265 e. The highest BCUT2D eigenvalue weighted by Crippen LogP contribution is 2.15. The zero-order valence-corrected chi connectivity index (χ0v) is 12.3. The molecule has 7 heteroatoms. The number of aromatic nitrogens is 4. The van der Waals surface area contributed by atoms with E-state index in [-0.39, 0.29) is 15.7 Å². The van der Waals surface area contributed by atoms with Gasteiger partial charge in [0, 0.05) is 23.4 Å². The molecule has 104 valence electrons. The lowest BCUT2D eigenvalue weighted by Gasteiger charge is -2.16. The number of nitrogens with one attached hydrogen (secondary N) is 1. The first-order chi connectivity index (χ1) is 9.39. The first-order valence-corrected chi connectivity index (χ1v) is 6.47. The van der Waals surface area contributed by atoms with Crippen molar-refractivity contribution in [3.05, 3.63) is 50.9 Å². The molecule has 2 rings (SSSR count). The molecule has 0 unspecified atom stereocenters. The predicted molar refractivity (Wildman–Crippen MR) is 79.6 cm³/mol. The van der Waals surface area contributed by atoms with Crippen molar-refractivity contribution in [2.24, 2.45) is 5.10 Å². The van der Waals surface area contributed by atoms with Crippen LogP contribution in [0.5, 0.6) is 0 Å². The normalized spacial score (nSPS) is 11.9. The molecule has 0 fully saturated rings. The van der Waals surface area contributed by atoms with Crippen LogP contribution in [-0.4, -0.2) is 26.1 Å². The van der Waals surface area contributed by atoms with E-state index >= 15 is 0 Å². The van der Waals surface area contributed by atoms with Crippen molar-refractivity contribution in [1.82, 2.24) is 19.9 Å². The topological polar surface area (TPSA) is 75.9 Å². The van der Waals surface area contributed by atoms with E-state index < -0.39 is 0 Å². The number of rotatable bonds is 2. The molecule has 2 aromatic heterocycles. The molecule has 0 atom stereocenters. The molecule has 0 spiro atoms. The fraction of sp³-hybridized carbons (Fsp3) is 0.308. The minimum absolute atomic E-state index is 0.156. The second-order valence-electron chi connectivity index (χ2n) is 5.28. The molecule has 0 aromatic carbocycles. The molecule has 0 aliphatic heterocycles. The van der Waals surface area contributed by atoms with Gasteiger partial charge in [0.1, 0.15) is 5.69 Å². The third-order valence-corrected chi connectivity index (χ3v) is 2.83. The largest absolute Gasteiger partial charge is 0.297 e. The third kappa shape index (κ3) is 3.05. The summed E-state index contributed by atoms with van der Waals surface area (Å²) in [6.07, 6.45) is 4.84. The maximum absolute atomic E-state index is 12.3. The van der Waals surface area contributed by atoms with E-state index in [2.05, 4.69) is 20.3 Å². The van der Waals surface area contributed by atoms with Crippen LogP contribution in [0.3, 0.4) is 0 Å². The Morgan fingerprint density at radius 1 is 1.45 bits per heavy atom. The van der Waals surface area contributed by atoms with Crippen molar-refractivity contribution in [3.8, 4) is 0 Å². The summed E-state index contributed by atoms with van der Waals surface area (Å²) in [5.41, 5.74) is 0.459. The van der Waals surface area contributed by atoms with Crippen molar-refractivity contribution in [2.45, 2.75) is 26.2 Å². The minimum atomic E-state index is -0.387. The van der Waals surface area contributed by atoms with Crippen LogP contribution in [0.2, 0.25) is 0 Å². The quantitative estimate of drug-likeness (QED) is 0.676. The summed E-state index contributed by atoms with van der Waals surface area (Å²) >= 11 is 5.05. The van der Waals surface area contributed by atoms with E-state index in [1.807, 2.05) is 26.8 Å². The molecule has 0 aliphatic carbocycles. The summed E-state index contributed by atoms with van der Waals surface area (Å²) in [6, 6.07) is 3.62. The first kappa shape index (κ1) is 14.3. The van der Waals surface area contributed by atoms with Crippen LogP contribution in [0, 0.1) is 4.77 Å². The Morgan fingerprint density at radius 3 is 2.80 bits per heavy atom. The fourth-order valence-corrected chi connectivity index (χ4v) is 1.74. The van der Waals surface area contributed by atoms with Crippen LogP contribution in [0.1, 0.15) is 32.0 Å². The summed E-state index contributed by atoms with van der Waals surface area (Å²) in [6.45, 7) is 5.72. The van der Waals surface area contributed by atoms with Gasteiger partial charge in [-0.05, 0) is 18.3 Å². The fourth-order valence-electron chi connectivity index (χ4n) is 1.56. The maximum atomic E-state index is 12.3. The van der Waals surface area contributed by atoms with Gasteiger partial charge in [0.15, 0.2) is 0 Å². The number of nitrogens with zero attached hydrogens (tertiary/aromatic N) is 4. The SMILES string of the molecule is CC(C)(C)c1n[nH]c(=S)n(/N=C\c2cccnc2)c1=O. The van der Waals surface area contributed by atoms with Gasteiger partial charge >= 0.3 is 0 Å². The van der Waals surface area contributed by atoms with Crippen LogP contribution < -0.4 is 5.56 Å². The molecule has 6 nitrogen and oxygen atoms in total. The van der Waals surface area contributed by atoms with Crippen LogP contribution in [0.4, 0.5) is 0 Å². The van der Waals surface area contributed by atoms with E-state index in [0.29, 0.717) is 5.69 Å². The van der Waals surface area contributed by atoms with Gasteiger partial charge in [-0.25, -0.2) is 0 Å². The molecule has 20 heavy (non-hydrogen) atoms. The van der Waals surface area contributed by atoms with E-state index in [1.165, 1.54) is 6.21 Å². The summed E-state index contributed by atoms with van der Waals surface area (Å²) in [7, 11) is 0. The lowest BCUT2D eigenvalue weighted by molar-refractivity contribution is 0.529. The molecule has 0 amide bonds. The Bertz CT molecular complexity index is 740. The molecule has 0 aliphatic rings. The molecule has 0 saturated carbocycles. The van der Waals surface area contributed by atoms with Gasteiger partial charge in [-0.1, -0.05) is 26.8 Å². The van der Waals surface area contributed by atoms with E-state index in [9.17, 15) is 4.79 Å². The lowest BCUT2D eigenvalue weighted by atomic mass is 9.93. The zero-order chi connectivity index (χ0) is 14.8. The van der Waals surface area contributed by atoms with Gasteiger partial charge in [0.2, 0.25) is 4.77 Å². The second kappa shape index (κ2) is 5.46. The van der Waals surface area contributed by atoms with Crippen LogP contribution >= 0.6 is 12.2 Å². The highest BCUT2D eigenvalue weighted by molar-refractivity contribution is 7.71. The van der Waals surface area contributed by atoms with Gasteiger partial charge in [-0.15, -0.1) is 0 Å². The van der Waals surface area contributed by atoms with Crippen LogP contribution in [0.25, 0.3) is 0 Å². The summed E-state index contributed by atoms with van der Waals surface area (Å²) < 4.78 is 1.29. The molecule has 2 heterocycles. The Kier molecular flexibility index (Phi) is 3.89. The Hall–Kier alpha value is -2.15. The van der Waals surface area contributed by atoms with Crippen molar-refractivity contribution >= 4 is 18.4 Å². The number of aromatic amines is 1. The molecular formula is C13H15N5OS. The van der Waals surface area contributed by atoms with Crippen LogP contribution in [0.15, 0.2) is 34.4 Å². The highest BCUT2D eigenvalue weighted by atomic mass is 32.1. The van der Waals surface area contributed by atoms with Gasteiger partial charge in [-0.2, -0.15) is 14.9 Å². The number of H-pyrrole nitrogens is 1. The standard InChI is InChI=1S/C13H15N5OS/c1-13(2,3)10-11(19)18(12(20)17-16-10)15-8-9-5-4-6-14-7-9/h4-8H,1-3H3,(H,17,20)/b15-8-. The lowest BCUT2D eigenvalue weighted by Crippen LogP contribution is -2.32. The Morgan fingerprint density at radius 2 is 2.20 bits per heavy atom. The Balaban J connectivity index is 2.50. The van der Waals surface area contributed by atoms with Crippen molar-refractivity contribution in [2.75, 3.05) is 0 Å². The van der Waals surface area contributed by atoms with Crippen LogP contribution in [-0.2, 0) is 5.41 Å². The third-order valence-electron chi connectivity index (χ3n) is 2.57. The van der Waals surface area contributed by atoms with E-state index in [4.69, 9.17) is 12.2 Å². The molecule has 0 radical (unpaired) electrons. The number of pyridine rings is 1. The molecule has 1 N–H and O–H groups in total. The van der Waals surface area contributed by atoms with Gasteiger partial charge in [0.05, 0.1) is 6.21 Å². The van der Waals surface area contributed by atoms with E-state index in [0.717, 1.165) is 10.2 Å². The second-order valence-corrected chi connectivity index (χ2v) is 5.66. The van der Waals surface area contributed by atoms with Crippen molar-refractivity contribution < 1.29 is 0 Å². The number of hydrogen-bond donors (Lipinski definition) is 1. The molecule has 0 saturated heterocycles. The maximum Gasteiger partial charge on any atom is 0.297 e. The highest BCUT2D eigenvalue weighted by Gasteiger charge is 2.21. The average molecular weight is 289 g/mol.